The minimum absolute atomic E-state index is 0.0150. The van der Waals surface area contributed by atoms with Crippen LogP contribution in [0.1, 0.15) is 40.7 Å². The number of nitrogens with one attached hydrogen (secondary N) is 1. The van der Waals surface area contributed by atoms with Gasteiger partial charge in [0.1, 0.15) is 11.5 Å². The first kappa shape index (κ1) is 22.5. The summed E-state index contributed by atoms with van der Waals surface area (Å²) < 4.78 is 14.0. The van der Waals surface area contributed by atoms with Gasteiger partial charge >= 0.3 is 0 Å². The highest BCUT2D eigenvalue weighted by atomic mass is 16.5. The quantitative estimate of drug-likeness (QED) is 0.545. The van der Waals surface area contributed by atoms with Crippen molar-refractivity contribution in [3.8, 4) is 11.5 Å². The summed E-state index contributed by atoms with van der Waals surface area (Å²) in [4.78, 5) is 14.7. The normalized spacial score (nSPS) is 22.3. The number of benzene rings is 2. The fourth-order valence-electron chi connectivity index (χ4n) is 5.40. The molecule has 0 aliphatic carbocycles. The molecule has 1 fully saturated rings. The minimum atomic E-state index is -0.0150. The highest BCUT2D eigenvalue weighted by Crippen LogP contribution is 2.38. The first-order valence-electron chi connectivity index (χ1n) is 12.1. The van der Waals surface area contributed by atoms with Crippen LogP contribution in [0.25, 0.3) is 0 Å². The standard InChI is InChI=1S/C28H33N3O3/c1-20-27(19-34-24-10-7-22-18-29-28(32)26(22)17-24)25(21-5-8-23(33-2)9-6-21)11-14-31(20)16-15-30-12-3-4-13-30/h3-10,12-13,17,20,25,27H,11,14-16,18-19H2,1-2H3,(H,29,32)/t20-,25+,27-/m1/s1. The summed E-state index contributed by atoms with van der Waals surface area (Å²) in [6.07, 6.45) is 5.34. The molecule has 6 heteroatoms. The van der Waals surface area contributed by atoms with E-state index < -0.39 is 0 Å². The first-order valence-corrected chi connectivity index (χ1v) is 12.1. The summed E-state index contributed by atoms with van der Waals surface area (Å²) in [5.74, 6) is 2.36. The molecule has 3 heterocycles. The molecule has 178 valence electrons. The van der Waals surface area contributed by atoms with Crippen LogP contribution in [0, 0.1) is 5.92 Å². The Morgan fingerprint density at radius 1 is 1.03 bits per heavy atom. The Morgan fingerprint density at radius 2 is 1.79 bits per heavy atom. The molecule has 1 aromatic heterocycles. The Bertz CT molecular complexity index is 1110. The molecule has 0 radical (unpaired) electrons. The predicted octanol–water partition coefficient (Wildman–Crippen LogP) is 4.31. The third kappa shape index (κ3) is 4.68. The van der Waals surface area contributed by atoms with E-state index in [1.165, 1.54) is 5.56 Å². The molecular weight excluding hydrogens is 426 g/mol. The summed E-state index contributed by atoms with van der Waals surface area (Å²) in [6, 6.07) is 18.9. The Morgan fingerprint density at radius 3 is 2.56 bits per heavy atom. The van der Waals surface area contributed by atoms with E-state index in [0.29, 0.717) is 31.0 Å². The molecule has 0 unspecified atom stereocenters. The van der Waals surface area contributed by atoms with E-state index >= 15 is 0 Å². The highest BCUT2D eigenvalue weighted by molar-refractivity contribution is 5.98. The van der Waals surface area contributed by atoms with Gasteiger partial charge in [0.05, 0.1) is 13.7 Å². The van der Waals surface area contributed by atoms with Gasteiger partial charge in [-0.3, -0.25) is 9.69 Å². The number of fused-ring (bicyclic) bond motifs is 1. The third-order valence-corrected chi connectivity index (χ3v) is 7.50. The number of carbonyl (C=O) groups excluding carboxylic acids is 1. The second-order valence-corrected chi connectivity index (χ2v) is 9.34. The van der Waals surface area contributed by atoms with Crippen LogP contribution in [0.3, 0.4) is 0 Å². The average Bonchev–Trinajstić information content (AvgIpc) is 3.52. The molecule has 2 aliphatic rings. The van der Waals surface area contributed by atoms with E-state index in [1.807, 2.05) is 18.2 Å². The highest BCUT2D eigenvalue weighted by Gasteiger charge is 2.36. The van der Waals surface area contributed by atoms with Gasteiger partial charge in [-0.05, 0) is 73.3 Å². The van der Waals surface area contributed by atoms with Gasteiger partial charge in [0, 0.05) is 49.6 Å². The Balaban J connectivity index is 1.33. The Labute approximate surface area is 201 Å². The molecule has 5 rings (SSSR count). The zero-order chi connectivity index (χ0) is 23.5. The van der Waals surface area contributed by atoms with Crippen molar-refractivity contribution in [1.29, 1.82) is 0 Å². The third-order valence-electron chi connectivity index (χ3n) is 7.50. The molecule has 1 N–H and O–H groups in total. The molecule has 0 saturated carbocycles. The van der Waals surface area contributed by atoms with Gasteiger partial charge in [-0.15, -0.1) is 0 Å². The Hall–Kier alpha value is -3.25. The summed E-state index contributed by atoms with van der Waals surface area (Å²) in [7, 11) is 1.70. The summed E-state index contributed by atoms with van der Waals surface area (Å²) in [5.41, 5.74) is 3.10. The van der Waals surface area contributed by atoms with Crippen LogP contribution in [0.15, 0.2) is 67.0 Å². The lowest BCUT2D eigenvalue weighted by Crippen LogP contribution is -2.49. The summed E-state index contributed by atoms with van der Waals surface area (Å²) in [5, 5.41) is 2.88. The van der Waals surface area contributed by atoms with Gasteiger partial charge in [-0.1, -0.05) is 18.2 Å². The van der Waals surface area contributed by atoms with Crippen LogP contribution >= 0.6 is 0 Å². The van der Waals surface area contributed by atoms with Gasteiger partial charge in [0.15, 0.2) is 0 Å². The van der Waals surface area contributed by atoms with Gasteiger partial charge in [-0.2, -0.15) is 0 Å². The van der Waals surface area contributed by atoms with Crippen LogP contribution in [0.2, 0.25) is 0 Å². The molecule has 34 heavy (non-hydrogen) atoms. The molecule has 3 aromatic rings. The lowest BCUT2D eigenvalue weighted by atomic mass is 9.76. The number of carbonyl (C=O) groups is 1. The molecule has 0 spiro atoms. The van der Waals surface area contributed by atoms with Crippen molar-refractivity contribution in [1.82, 2.24) is 14.8 Å². The summed E-state index contributed by atoms with van der Waals surface area (Å²) in [6.45, 7) is 6.60. The lowest BCUT2D eigenvalue weighted by molar-refractivity contribution is 0.0538. The van der Waals surface area contributed by atoms with Crippen molar-refractivity contribution < 1.29 is 14.3 Å². The number of likely N-dealkylation sites (tertiary alicyclic amines) is 1. The van der Waals surface area contributed by atoms with Crippen LogP contribution in [0.4, 0.5) is 0 Å². The molecule has 6 nitrogen and oxygen atoms in total. The minimum Gasteiger partial charge on any atom is -0.497 e. The van der Waals surface area contributed by atoms with E-state index in [4.69, 9.17) is 9.47 Å². The number of ether oxygens (including phenoxy) is 2. The van der Waals surface area contributed by atoms with Gasteiger partial charge in [-0.25, -0.2) is 0 Å². The molecule has 1 amide bonds. The van der Waals surface area contributed by atoms with Crippen molar-refractivity contribution in [2.24, 2.45) is 5.92 Å². The lowest BCUT2D eigenvalue weighted by Gasteiger charge is -2.44. The van der Waals surface area contributed by atoms with Crippen LogP contribution in [0.5, 0.6) is 11.5 Å². The molecule has 2 aliphatic heterocycles. The van der Waals surface area contributed by atoms with Crippen molar-refractivity contribution >= 4 is 5.91 Å². The van der Waals surface area contributed by atoms with Crippen molar-refractivity contribution in [2.45, 2.75) is 38.4 Å². The smallest absolute Gasteiger partial charge is 0.252 e. The number of nitrogens with zero attached hydrogens (tertiary/aromatic N) is 2. The average molecular weight is 460 g/mol. The maximum Gasteiger partial charge on any atom is 0.252 e. The van der Waals surface area contributed by atoms with Crippen LogP contribution < -0.4 is 14.8 Å². The van der Waals surface area contributed by atoms with Crippen molar-refractivity contribution in [3.63, 3.8) is 0 Å². The maximum absolute atomic E-state index is 12.1. The molecule has 0 bridgehead atoms. The largest absolute Gasteiger partial charge is 0.497 e. The Kier molecular flexibility index (Phi) is 6.59. The number of amides is 1. The fraction of sp³-hybridized carbons (Fsp3) is 0.393. The van der Waals surface area contributed by atoms with Crippen LogP contribution in [-0.4, -0.2) is 48.2 Å². The van der Waals surface area contributed by atoms with E-state index in [1.54, 1.807) is 7.11 Å². The number of methoxy groups -OCH3 is 1. The van der Waals surface area contributed by atoms with Crippen LogP contribution in [-0.2, 0) is 13.1 Å². The van der Waals surface area contributed by atoms with E-state index in [0.717, 1.165) is 48.7 Å². The maximum atomic E-state index is 12.1. The topological polar surface area (TPSA) is 55.7 Å². The van der Waals surface area contributed by atoms with E-state index in [2.05, 4.69) is 70.5 Å². The number of hydrogen-bond donors (Lipinski definition) is 1. The zero-order valence-corrected chi connectivity index (χ0v) is 19.9. The second-order valence-electron chi connectivity index (χ2n) is 9.34. The van der Waals surface area contributed by atoms with E-state index in [9.17, 15) is 4.79 Å². The molecule has 2 aromatic carbocycles. The van der Waals surface area contributed by atoms with E-state index in [-0.39, 0.29) is 5.91 Å². The first-order chi connectivity index (χ1) is 16.6. The van der Waals surface area contributed by atoms with Crippen molar-refractivity contribution in [2.75, 3.05) is 26.8 Å². The van der Waals surface area contributed by atoms with Crippen molar-refractivity contribution in [3.05, 3.63) is 83.7 Å². The number of rotatable bonds is 8. The van der Waals surface area contributed by atoms with Gasteiger partial charge in [0.25, 0.3) is 5.91 Å². The number of hydrogen-bond acceptors (Lipinski definition) is 4. The van der Waals surface area contributed by atoms with Gasteiger partial charge < -0.3 is 19.4 Å². The zero-order valence-electron chi connectivity index (χ0n) is 19.9. The monoisotopic (exact) mass is 459 g/mol. The number of piperidine rings is 1. The predicted molar refractivity (Wildman–Crippen MR) is 132 cm³/mol. The molecule has 3 atom stereocenters. The molecule has 1 saturated heterocycles. The van der Waals surface area contributed by atoms with Gasteiger partial charge in [0.2, 0.25) is 0 Å². The molecular formula is C28H33N3O3. The fourth-order valence-corrected chi connectivity index (χ4v) is 5.40. The second kappa shape index (κ2) is 9.94. The summed E-state index contributed by atoms with van der Waals surface area (Å²) >= 11 is 0. The SMILES string of the molecule is COc1ccc([C@@H]2CCN(CCn3cccc3)[C@H](C)[C@H]2COc2ccc3c(c2)C(=O)NC3)cc1. The number of aromatic nitrogens is 1.